The van der Waals surface area contributed by atoms with Crippen LogP contribution in [-0.4, -0.2) is 30.8 Å². The van der Waals surface area contributed by atoms with Crippen LogP contribution in [0.2, 0.25) is 0 Å². The minimum absolute atomic E-state index is 0.0672. The fourth-order valence-corrected chi connectivity index (χ4v) is 3.59. The van der Waals surface area contributed by atoms with Crippen molar-refractivity contribution in [2.75, 3.05) is 7.05 Å². The number of hydrogen-bond donors (Lipinski definition) is 3. The summed E-state index contributed by atoms with van der Waals surface area (Å²) in [5.41, 5.74) is 5.20. The first-order chi connectivity index (χ1) is 14.0. The monoisotopic (exact) mass is 411 g/mol. The zero-order valence-corrected chi connectivity index (χ0v) is 19.1. The molecule has 0 aliphatic rings. The third-order valence-corrected chi connectivity index (χ3v) is 5.49. The second-order valence-electron chi connectivity index (χ2n) is 8.14. The molecule has 0 saturated carbocycles. The average Bonchev–Trinajstić information content (AvgIpc) is 2.70. The average molecular weight is 412 g/mol. The minimum Gasteiger partial charge on any atom is -0.370 e. The number of carbonyl (C=O) groups is 3. The number of rotatable bonds is 19. The van der Waals surface area contributed by atoms with Crippen molar-refractivity contribution in [1.82, 2.24) is 10.6 Å². The topological polar surface area (TPSA) is 101 Å². The van der Waals surface area contributed by atoms with Crippen LogP contribution in [0.1, 0.15) is 110 Å². The van der Waals surface area contributed by atoms with E-state index in [4.69, 9.17) is 5.73 Å². The standard InChI is InChI=1S/C23H45N3O3/c1-4-6-8-9-10-11-12-14-16-19(15-13-7-5-2)22(28)26-20(23(29)25-3)17-18-21(24)27/h19-20H,4-18H2,1-3H3,(H2,24,27)(H,25,29)(H,26,28)/t19-,20-/m0/s1. The molecule has 0 aromatic heterocycles. The lowest BCUT2D eigenvalue weighted by Gasteiger charge is -2.22. The lowest BCUT2D eigenvalue weighted by Crippen LogP contribution is -2.48. The second-order valence-corrected chi connectivity index (χ2v) is 8.14. The van der Waals surface area contributed by atoms with E-state index in [1.165, 1.54) is 45.6 Å². The summed E-state index contributed by atoms with van der Waals surface area (Å²) in [5.74, 6) is -0.880. The first-order valence-corrected chi connectivity index (χ1v) is 11.8. The van der Waals surface area contributed by atoms with E-state index in [0.29, 0.717) is 0 Å². The molecule has 0 spiro atoms. The molecule has 6 nitrogen and oxygen atoms in total. The van der Waals surface area contributed by atoms with Crippen molar-refractivity contribution in [3.05, 3.63) is 0 Å². The Morgan fingerprint density at radius 2 is 1.21 bits per heavy atom. The molecule has 4 N–H and O–H groups in total. The molecular formula is C23H45N3O3. The zero-order valence-electron chi connectivity index (χ0n) is 19.1. The molecule has 0 aromatic rings. The van der Waals surface area contributed by atoms with E-state index in [9.17, 15) is 14.4 Å². The molecule has 29 heavy (non-hydrogen) atoms. The van der Waals surface area contributed by atoms with Gasteiger partial charge >= 0.3 is 0 Å². The summed E-state index contributed by atoms with van der Waals surface area (Å²) in [7, 11) is 1.53. The summed E-state index contributed by atoms with van der Waals surface area (Å²) < 4.78 is 0. The largest absolute Gasteiger partial charge is 0.370 e. The van der Waals surface area contributed by atoms with Gasteiger partial charge in [0.25, 0.3) is 0 Å². The van der Waals surface area contributed by atoms with E-state index < -0.39 is 11.9 Å². The van der Waals surface area contributed by atoms with Gasteiger partial charge in [0.15, 0.2) is 0 Å². The molecule has 170 valence electrons. The van der Waals surface area contributed by atoms with Crippen LogP contribution in [0.4, 0.5) is 0 Å². The molecule has 0 aromatic carbocycles. The molecule has 0 aliphatic heterocycles. The van der Waals surface area contributed by atoms with Gasteiger partial charge in [-0.2, -0.15) is 0 Å². The van der Waals surface area contributed by atoms with Crippen molar-refractivity contribution in [3.63, 3.8) is 0 Å². The van der Waals surface area contributed by atoms with Crippen molar-refractivity contribution in [3.8, 4) is 0 Å². The van der Waals surface area contributed by atoms with E-state index in [-0.39, 0.29) is 30.6 Å². The van der Waals surface area contributed by atoms with Crippen LogP contribution in [0.15, 0.2) is 0 Å². The highest BCUT2D eigenvalue weighted by atomic mass is 16.2. The Balaban J connectivity index is 4.54. The van der Waals surface area contributed by atoms with Gasteiger partial charge in [0.2, 0.25) is 17.7 Å². The molecule has 0 aliphatic carbocycles. The van der Waals surface area contributed by atoms with E-state index in [1.54, 1.807) is 0 Å². The summed E-state index contributed by atoms with van der Waals surface area (Å²) in [6.45, 7) is 4.38. The van der Waals surface area contributed by atoms with E-state index in [2.05, 4.69) is 24.5 Å². The van der Waals surface area contributed by atoms with E-state index in [0.717, 1.165) is 44.9 Å². The number of carbonyl (C=O) groups excluding carboxylic acids is 3. The number of nitrogens with two attached hydrogens (primary N) is 1. The summed E-state index contributed by atoms with van der Waals surface area (Å²) in [5, 5.41) is 5.43. The zero-order chi connectivity index (χ0) is 21.9. The maximum Gasteiger partial charge on any atom is 0.242 e. The number of amides is 3. The molecule has 2 atom stereocenters. The Morgan fingerprint density at radius 3 is 1.72 bits per heavy atom. The molecule has 3 amide bonds. The lowest BCUT2D eigenvalue weighted by molar-refractivity contribution is -0.131. The quantitative estimate of drug-likeness (QED) is 0.277. The van der Waals surface area contributed by atoms with Gasteiger partial charge in [0.1, 0.15) is 6.04 Å². The summed E-state index contributed by atoms with van der Waals surface area (Å²) in [6, 6.07) is -0.702. The Labute approximate surface area is 178 Å². The third-order valence-electron chi connectivity index (χ3n) is 5.49. The molecule has 0 unspecified atom stereocenters. The maximum atomic E-state index is 12.8. The van der Waals surface area contributed by atoms with Crippen LogP contribution in [-0.2, 0) is 14.4 Å². The smallest absolute Gasteiger partial charge is 0.242 e. The Hall–Kier alpha value is -1.59. The molecule has 0 radical (unpaired) electrons. The van der Waals surface area contributed by atoms with Crippen LogP contribution in [0.5, 0.6) is 0 Å². The van der Waals surface area contributed by atoms with E-state index >= 15 is 0 Å². The van der Waals surface area contributed by atoms with Crippen molar-refractivity contribution >= 4 is 17.7 Å². The molecular weight excluding hydrogens is 366 g/mol. The van der Waals surface area contributed by atoms with Gasteiger partial charge in [-0.05, 0) is 19.3 Å². The lowest BCUT2D eigenvalue weighted by atomic mass is 9.93. The number of likely N-dealkylation sites (N-methyl/N-ethyl adjacent to an activating group) is 1. The SMILES string of the molecule is CCCCCCCCCC[C@H](CCCCC)C(=O)N[C@@H](CCC(N)=O)C(=O)NC. The van der Waals surface area contributed by atoms with Gasteiger partial charge in [0, 0.05) is 19.4 Å². The normalized spacial score (nSPS) is 12.9. The van der Waals surface area contributed by atoms with Crippen LogP contribution >= 0.6 is 0 Å². The maximum absolute atomic E-state index is 12.8. The Kier molecular flexibility index (Phi) is 17.4. The number of hydrogen-bond acceptors (Lipinski definition) is 3. The van der Waals surface area contributed by atoms with E-state index in [1.807, 2.05) is 0 Å². The highest BCUT2D eigenvalue weighted by Crippen LogP contribution is 2.19. The van der Waals surface area contributed by atoms with Crippen molar-refractivity contribution in [1.29, 1.82) is 0 Å². The van der Waals surface area contributed by atoms with Gasteiger partial charge in [-0.25, -0.2) is 0 Å². The second kappa shape index (κ2) is 18.4. The van der Waals surface area contributed by atoms with Crippen LogP contribution in [0, 0.1) is 5.92 Å². The van der Waals surface area contributed by atoms with Gasteiger partial charge in [0.05, 0.1) is 0 Å². The fourth-order valence-electron chi connectivity index (χ4n) is 3.59. The minimum atomic E-state index is -0.702. The van der Waals surface area contributed by atoms with Gasteiger partial charge in [-0.15, -0.1) is 0 Å². The summed E-state index contributed by atoms with van der Waals surface area (Å²) in [4.78, 5) is 36.0. The highest BCUT2D eigenvalue weighted by Gasteiger charge is 2.25. The van der Waals surface area contributed by atoms with Crippen LogP contribution in [0.25, 0.3) is 0 Å². The molecule has 0 bridgehead atoms. The van der Waals surface area contributed by atoms with Gasteiger partial charge < -0.3 is 16.4 Å². The first kappa shape index (κ1) is 27.4. The summed E-state index contributed by atoms with van der Waals surface area (Å²) in [6.07, 6.45) is 15.2. The van der Waals surface area contributed by atoms with Crippen molar-refractivity contribution in [2.45, 2.75) is 116 Å². The van der Waals surface area contributed by atoms with Crippen LogP contribution < -0.4 is 16.4 Å². The number of unbranched alkanes of at least 4 members (excludes halogenated alkanes) is 9. The Bertz CT molecular complexity index is 455. The molecule has 0 saturated heterocycles. The van der Waals surface area contributed by atoms with Gasteiger partial charge in [-0.1, -0.05) is 84.5 Å². The first-order valence-electron chi connectivity index (χ1n) is 11.8. The molecule has 0 fully saturated rings. The fraction of sp³-hybridized carbons (Fsp3) is 0.870. The molecule has 0 rings (SSSR count). The van der Waals surface area contributed by atoms with Crippen LogP contribution in [0.3, 0.4) is 0 Å². The number of nitrogens with one attached hydrogen (secondary N) is 2. The summed E-state index contributed by atoms with van der Waals surface area (Å²) >= 11 is 0. The third kappa shape index (κ3) is 15.0. The Morgan fingerprint density at radius 1 is 0.724 bits per heavy atom. The molecule has 0 heterocycles. The highest BCUT2D eigenvalue weighted by molar-refractivity contribution is 5.88. The van der Waals surface area contributed by atoms with Crippen molar-refractivity contribution < 1.29 is 14.4 Å². The number of primary amides is 1. The molecule has 6 heteroatoms. The van der Waals surface area contributed by atoms with Crippen molar-refractivity contribution in [2.24, 2.45) is 11.7 Å². The predicted molar refractivity (Wildman–Crippen MR) is 119 cm³/mol. The van der Waals surface area contributed by atoms with Gasteiger partial charge in [-0.3, -0.25) is 14.4 Å². The predicted octanol–water partition coefficient (Wildman–Crippen LogP) is 4.21.